The molecule has 0 spiro atoms. The number of nitrogens with two attached hydrogens (primary N) is 1. The maximum absolute atomic E-state index is 15.3. The van der Waals surface area contributed by atoms with E-state index in [1.807, 2.05) is 0 Å². The molecule has 208 valence electrons. The highest BCUT2D eigenvalue weighted by molar-refractivity contribution is 6.25. The number of phenolic OH excluding ortho intramolecular Hbond substituents is 1. The Morgan fingerprint density at radius 2 is 1.92 bits per heavy atom. The number of likely N-dealkylation sites (N-methyl/N-ethyl adjacent to an activating group) is 1. The average Bonchev–Trinajstić information content (AvgIpc) is 3.39. The Hall–Kier alpha value is -3.81. The number of benzene rings is 1. The number of phenols is 1. The molecule has 5 atom stereocenters. The predicted octanol–water partition coefficient (Wildman–Crippen LogP) is -0.0498. The van der Waals surface area contributed by atoms with E-state index in [4.69, 9.17) is 5.73 Å². The van der Waals surface area contributed by atoms with E-state index in [0.29, 0.717) is 13.0 Å². The third-order valence-electron chi connectivity index (χ3n) is 8.30. The van der Waals surface area contributed by atoms with Crippen LogP contribution in [-0.2, 0) is 20.8 Å². The standard InChI is InChI=1S/C26H29FN4O8/c1-31(2)18-11-7-9-6-10-12(27)8-14(30-25(38)13-4-3-5-29-13)19(32)16(10)20(33)15(9)22(35)26(11,39)23(36)17(21(18)34)24(28)37/h8-9,11,13,18,29,32,34-35,39H,3-7H2,1-2H3,(H2,28,37)(H,30,38)/t9-,11-,13-,18-,26-/m0/s1. The molecular weight excluding hydrogens is 515 g/mol. The quantitative estimate of drug-likeness (QED) is 0.199. The third-order valence-corrected chi connectivity index (χ3v) is 8.30. The number of nitrogens with zero attached hydrogens (tertiary/aromatic N) is 1. The number of rotatable bonds is 4. The number of amides is 2. The first-order valence-electron chi connectivity index (χ1n) is 12.5. The Bertz CT molecular complexity index is 1400. The number of carbonyl (C=O) groups excluding carboxylic acids is 4. The summed E-state index contributed by atoms with van der Waals surface area (Å²) in [4.78, 5) is 53.0. The maximum atomic E-state index is 15.3. The highest BCUT2D eigenvalue weighted by atomic mass is 19.1. The maximum Gasteiger partial charge on any atom is 0.255 e. The molecule has 1 saturated heterocycles. The molecule has 2 amide bonds. The smallest absolute Gasteiger partial charge is 0.255 e. The fourth-order valence-corrected chi connectivity index (χ4v) is 6.50. The molecule has 1 aromatic rings. The van der Waals surface area contributed by atoms with E-state index in [1.165, 1.54) is 19.0 Å². The number of aliphatic hydroxyl groups excluding tert-OH is 2. The van der Waals surface area contributed by atoms with Crippen LogP contribution in [0.5, 0.6) is 5.75 Å². The Balaban J connectivity index is 1.62. The molecule has 0 radical (unpaired) electrons. The van der Waals surface area contributed by atoms with Crippen LogP contribution in [0.4, 0.5) is 10.1 Å². The second-order valence-electron chi connectivity index (χ2n) is 10.7. The molecule has 0 aromatic heterocycles. The summed E-state index contributed by atoms with van der Waals surface area (Å²) >= 11 is 0. The lowest BCUT2D eigenvalue weighted by molar-refractivity contribution is -0.148. The number of anilines is 1. The number of ketones is 2. The number of Topliss-reactive ketones (excluding diaryl/α,β-unsaturated/α-hetero) is 2. The zero-order valence-electron chi connectivity index (χ0n) is 21.2. The van der Waals surface area contributed by atoms with Crippen LogP contribution in [0, 0.1) is 17.7 Å². The molecule has 1 heterocycles. The van der Waals surface area contributed by atoms with Crippen molar-refractivity contribution in [3.63, 3.8) is 0 Å². The van der Waals surface area contributed by atoms with Crippen LogP contribution in [0.25, 0.3) is 0 Å². The molecule has 5 rings (SSSR count). The monoisotopic (exact) mass is 544 g/mol. The van der Waals surface area contributed by atoms with Gasteiger partial charge in [-0.1, -0.05) is 0 Å². The van der Waals surface area contributed by atoms with Gasteiger partial charge < -0.3 is 36.8 Å². The van der Waals surface area contributed by atoms with Gasteiger partial charge in [0.05, 0.1) is 23.3 Å². The van der Waals surface area contributed by atoms with Crippen LogP contribution >= 0.6 is 0 Å². The third kappa shape index (κ3) is 3.75. The molecule has 8 N–H and O–H groups in total. The highest BCUT2D eigenvalue weighted by Crippen LogP contribution is 2.53. The van der Waals surface area contributed by atoms with Gasteiger partial charge in [-0.3, -0.25) is 24.1 Å². The molecule has 0 unspecified atom stereocenters. The van der Waals surface area contributed by atoms with Gasteiger partial charge in [-0.05, 0) is 52.2 Å². The molecule has 13 heteroatoms. The van der Waals surface area contributed by atoms with Crippen molar-refractivity contribution in [1.82, 2.24) is 10.2 Å². The van der Waals surface area contributed by atoms with Gasteiger partial charge in [-0.2, -0.15) is 0 Å². The molecule has 39 heavy (non-hydrogen) atoms. The first-order chi connectivity index (χ1) is 18.3. The topological polar surface area (TPSA) is 203 Å². The lowest BCUT2D eigenvalue weighted by Gasteiger charge is -2.50. The zero-order chi connectivity index (χ0) is 28.5. The first kappa shape index (κ1) is 26.8. The number of allylic oxidation sites excluding steroid dienone is 1. The molecule has 0 saturated carbocycles. The summed E-state index contributed by atoms with van der Waals surface area (Å²) < 4.78 is 15.3. The number of primary amides is 1. The average molecular weight is 545 g/mol. The molecule has 1 aliphatic heterocycles. The van der Waals surface area contributed by atoms with Crippen molar-refractivity contribution < 1.29 is 44.0 Å². The van der Waals surface area contributed by atoms with E-state index in [1.54, 1.807) is 0 Å². The number of carbonyl (C=O) groups is 4. The second-order valence-corrected chi connectivity index (χ2v) is 10.7. The van der Waals surface area contributed by atoms with E-state index in [2.05, 4.69) is 10.6 Å². The van der Waals surface area contributed by atoms with Gasteiger partial charge in [0.1, 0.15) is 22.9 Å². The fraction of sp³-hybridized carbons (Fsp3) is 0.462. The van der Waals surface area contributed by atoms with Gasteiger partial charge in [0, 0.05) is 23.1 Å². The summed E-state index contributed by atoms with van der Waals surface area (Å²) in [7, 11) is 3.03. The first-order valence-corrected chi connectivity index (χ1v) is 12.5. The minimum Gasteiger partial charge on any atom is -0.510 e. The number of halogens is 1. The number of aromatic hydroxyl groups is 1. The second kappa shape index (κ2) is 9.14. The summed E-state index contributed by atoms with van der Waals surface area (Å²) in [5.74, 6) is -9.67. The van der Waals surface area contributed by atoms with Gasteiger partial charge in [-0.15, -0.1) is 0 Å². The van der Waals surface area contributed by atoms with Crippen molar-refractivity contribution >= 4 is 29.1 Å². The van der Waals surface area contributed by atoms with E-state index in [0.717, 1.165) is 12.5 Å². The summed E-state index contributed by atoms with van der Waals surface area (Å²) in [6, 6.07) is -0.774. The Labute approximate surface area is 222 Å². The van der Waals surface area contributed by atoms with Crippen LogP contribution in [0.3, 0.4) is 0 Å². The van der Waals surface area contributed by atoms with Gasteiger partial charge in [0.15, 0.2) is 17.1 Å². The van der Waals surface area contributed by atoms with Crippen LogP contribution in [0.15, 0.2) is 28.7 Å². The molecule has 4 aliphatic rings. The number of hydrogen-bond acceptors (Lipinski definition) is 10. The van der Waals surface area contributed by atoms with Crippen molar-refractivity contribution in [2.45, 2.75) is 43.4 Å². The number of nitrogens with one attached hydrogen (secondary N) is 2. The number of hydrogen-bond donors (Lipinski definition) is 7. The van der Waals surface area contributed by atoms with Gasteiger partial charge in [-0.25, -0.2) is 4.39 Å². The molecular formula is C26H29FN4O8. The van der Waals surface area contributed by atoms with Gasteiger partial charge >= 0.3 is 0 Å². The summed E-state index contributed by atoms with van der Waals surface area (Å²) in [6.07, 6.45) is 0.961. The van der Waals surface area contributed by atoms with E-state index >= 15 is 4.39 Å². The minimum absolute atomic E-state index is 0.150. The minimum atomic E-state index is -2.79. The van der Waals surface area contributed by atoms with E-state index < -0.39 is 92.7 Å². The Morgan fingerprint density at radius 3 is 2.51 bits per heavy atom. The molecule has 3 aliphatic carbocycles. The van der Waals surface area contributed by atoms with Crippen LogP contribution in [0.2, 0.25) is 0 Å². The SMILES string of the molecule is CN(C)[C@@H]1C(O)=C(C(N)=O)C(=O)[C@@]2(O)C(O)=C3C(=O)c4c(O)c(NC(=O)[C@@H]5CCCN5)cc(F)c4C[C@H]3C[C@@H]12. The molecule has 1 aromatic carbocycles. The normalized spacial score (nSPS) is 30.3. The van der Waals surface area contributed by atoms with Crippen molar-refractivity contribution in [1.29, 1.82) is 0 Å². The predicted molar refractivity (Wildman–Crippen MR) is 133 cm³/mol. The van der Waals surface area contributed by atoms with E-state index in [9.17, 15) is 39.6 Å². The van der Waals surface area contributed by atoms with Crippen LogP contribution in [0.1, 0.15) is 35.2 Å². The number of fused-ring (bicyclic) bond motifs is 3. The van der Waals surface area contributed by atoms with Crippen molar-refractivity contribution in [3.05, 3.63) is 45.7 Å². The molecule has 12 nitrogen and oxygen atoms in total. The van der Waals surface area contributed by atoms with Crippen molar-refractivity contribution in [2.24, 2.45) is 17.6 Å². The lowest BCUT2D eigenvalue weighted by Crippen LogP contribution is -2.63. The van der Waals surface area contributed by atoms with Crippen molar-refractivity contribution in [2.75, 3.05) is 26.0 Å². The van der Waals surface area contributed by atoms with E-state index in [-0.39, 0.29) is 24.1 Å². The zero-order valence-corrected chi connectivity index (χ0v) is 21.2. The fourth-order valence-electron chi connectivity index (χ4n) is 6.50. The Kier molecular flexibility index (Phi) is 6.28. The lowest BCUT2D eigenvalue weighted by atomic mass is 9.58. The van der Waals surface area contributed by atoms with Crippen LogP contribution < -0.4 is 16.4 Å². The van der Waals surface area contributed by atoms with Gasteiger partial charge in [0.2, 0.25) is 11.7 Å². The van der Waals surface area contributed by atoms with Crippen LogP contribution in [-0.4, -0.2) is 87.0 Å². The summed E-state index contributed by atoms with van der Waals surface area (Å²) in [5.41, 5.74) is 0.196. The van der Waals surface area contributed by atoms with Crippen molar-refractivity contribution in [3.8, 4) is 5.75 Å². The largest absolute Gasteiger partial charge is 0.510 e. The molecule has 0 bridgehead atoms. The summed E-state index contributed by atoms with van der Waals surface area (Å²) in [6.45, 7) is 0.623. The van der Waals surface area contributed by atoms with Gasteiger partial charge in [0.25, 0.3) is 5.91 Å². The Morgan fingerprint density at radius 1 is 1.23 bits per heavy atom. The highest BCUT2D eigenvalue weighted by Gasteiger charge is 2.63. The molecule has 1 fully saturated rings. The number of aliphatic hydroxyl groups is 3. The summed E-state index contributed by atoms with van der Waals surface area (Å²) in [5, 5.41) is 50.0.